The number of carbonyl (C=O) groups excluding carboxylic acids is 1. The molecule has 100 valence electrons. The number of hydrogen-bond acceptors (Lipinski definition) is 3. The Bertz CT molecular complexity index is 369. The average molecular weight is 252 g/mol. The van der Waals surface area contributed by atoms with Crippen LogP contribution >= 0.6 is 0 Å². The Balaban J connectivity index is 2.24. The lowest BCUT2D eigenvalue weighted by atomic mass is 10.2. The van der Waals surface area contributed by atoms with Gasteiger partial charge in [-0.25, -0.2) is 4.79 Å². The summed E-state index contributed by atoms with van der Waals surface area (Å²) in [4.78, 5) is 11.4. The third-order valence-electron chi connectivity index (χ3n) is 2.40. The molecule has 0 saturated heterocycles. The Hall–Kier alpha value is -1.75. The summed E-state index contributed by atoms with van der Waals surface area (Å²) in [5, 5.41) is 5.54. The van der Waals surface area contributed by atoms with Crippen LogP contribution in [0.15, 0.2) is 24.3 Å². The fraction of sp³-hybridized carbons (Fsp3) is 0.462. The minimum absolute atomic E-state index is 0.172. The number of carbonyl (C=O) groups is 1. The van der Waals surface area contributed by atoms with Crippen molar-refractivity contribution < 1.29 is 14.3 Å². The molecule has 0 aliphatic heterocycles. The van der Waals surface area contributed by atoms with Crippen LogP contribution in [-0.2, 0) is 11.3 Å². The van der Waals surface area contributed by atoms with Crippen LogP contribution in [0.3, 0.4) is 0 Å². The highest BCUT2D eigenvalue weighted by Crippen LogP contribution is 2.11. The van der Waals surface area contributed by atoms with Crippen molar-refractivity contribution in [1.82, 2.24) is 10.6 Å². The van der Waals surface area contributed by atoms with Gasteiger partial charge in [0.25, 0.3) is 0 Å². The van der Waals surface area contributed by atoms with E-state index in [4.69, 9.17) is 9.47 Å². The molecular weight excluding hydrogens is 232 g/mol. The van der Waals surface area contributed by atoms with Gasteiger partial charge in [-0.15, -0.1) is 0 Å². The maximum absolute atomic E-state index is 11.4. The maximum Gasteiger partial charge on any atom is 0.315 e. The molecule has 0 radical (unpaired) electrons. The summed E-state index contributed by atoms with van der Waals surface area (Å²) in [5.74, 6) is 0.787. The second-order valence-corrected chi connectivity index (χ2v) is 3.81. The van der Waals surface area contributed by atoms with Gasteiger partial charge in [0, 0.05) is 26.8 Å². The van der Waals surface area contributed by atoms with Gasteiger partial charge in [0.05, 0.1) is 7.11 Å². The van der Waals surface area contributed by atoms with Crippen LogP contribution in [0.5, 0.6) is 5.75 Å². The van der Waals surface area contributed by atoms with Crippen molar-refractivity contribution >= 4 is 6.03 Å². The summed E-state index contributed by atoms with van der Waals surface area (Å²) < 4.78 is 10.0. The standard InChI is InChI=1S/C13H20N2O3/c1-17-8-4-7-14-13(16)15-10-11-5-3-6-12(9-11)18-2/h3,5-6,9H,4,7-8,10H2,1-2H3,(H2,14,15,16). The molecule has 0 atom stereocenters. The van der Waals surface area contributed by atoms with Gasteiger partial charge in [0.15, 0.2) is 0 Å². The Morgan fingerprint density at radius 2 is 2.11 bits per heavy atom. The van der Waals surface area contributed by atoms with Crippen LogP contribution in [0, 0.1) is 0 Å². The zero-order valence-corrected chi connectivity index (χ0v) is 10.9. The number of ether oxygens (including phenoxy) is 2. The lowest BCUT2D eigenvalue weighted by molar-refractivity contribution is 0.193. The molecule has 0 fully saturated rings. The zero-order valence-electron chi connectivity index (χ0n) is 10.9. The minimum Gasteiger partial charge on any atom is -0.497 e. The van der Waals surface area contributed by atoms with Gasteiger partial charge in [0.1, 0.15) is 5.75 Å². The number of urea groups is 1. The number of methoxy groups -OCH3 is 2. The van der Waals surface area contributed by atoms with E-state index in [2.05, 4.69) is 10.6 Å². The molecule has 0 saturated carbocycles. The fourth-order valence-electron chi connectivity index (χ4n) is 1.45. The van der Waals surface area contributed by atoms with E-state index >= 15 is 0 Å². The van der Waals surface area contributed by atoms with Crippen LogP contribution in [-0.4, -0.2) is 33.4 Å². The van der Waals surface area contributed by atoms with E-state index in [-0.39, 0.29) is 6.03 Å². The molecule has 1 aromatic carbocycles. The first-order chi connectivity index (χ1) is 8.76. The third-order valence-corrected chi connectivity index (χ3v) is 2.40. The van der Waals surface area contributed by atoms with E-state index in [1.54, 1.807) is 14.2 Å². The van der Waals surface area contributed by atoms with Gasteiger partial charge in [0.2, 0.25) is 0 Å². The van der Waals surface area contributed by atoms with E-state index in [0.29, 0.717) is 19.7 Å². The topological polar surface area (TPSA) is 59.6 Å². The summed E-state index contributed by atoms with van der Waals surface area (Å²) in [6.07, 6.45) is 0.809. The first kappa shape index (κ1) is 14.3. The van der Waals surface area contributed by atoms with Gasteiger partial charge in [-0.3, -0.25) is 0 Å². The van der Waals surface area contributed by atoms with Crippen molar-refractivity contribution in [2.45, 2.75) is 13.0 Å². The number of amides is 2. The van der Waals surface area contributed by atoms with Gasteiger partial charge in [-0.1, -0.05) is 12.1 Å². The highest BCUT2D eigenvalue weighted by Gasteiger charge is 2.00. The van der Waals surface area contributed by atoms with Crippen molar-refractivity contribution in [3.63, 3.8) is 0 Å². The molecule has 1 aromatic rings. The van der Waals surface area contributed by atoms with Crippen LogP contribution in [0.1, 0.15) is 12.0 Å². The van der Waals surface area contributed by atoms with Crippen LogP contribution < -0.4 is 15.4 Å². The molecule has 0 aliphatic carbocycles. The predicted octanol–water partition coefficient (Wildman–Crippen LogP) is 1.53. The molecule has 2 amide bonds. The maximum atomic E-state index is 11.4. The number of benzene rings is 1. The molecule has 2 N–H and O–H groups in total. The second-order valence-electron chi connectivity index (χ2n) is 3.81. The molecule has 5 nitrogen and oxygen atoms in total. The Morgan fingerprint density at radius 1 is 1.28 bits per heavy atom. The smallest absolute Gasteiger partial charge is 0.315 e. The van der Waals surface area contributed by atoms with Crippen molar-refractivity contribution in [3.05, 3.63) is 29.8 Å². The predicted molar refractivity (Wildman–Crippen MR) is 69.7 cm³/mol. The van der Waals surface area contributed by atoms with E-state index < -0.39 is 0 Å². The van der Waals surface area contributed by atoms with Crippen LogP contribution in [0.4, 0.5) is 4.79 Å². The highest BCUT2D eigenvalue weighted by atomic mass is 16.5. The van der Waals surface area contributed by atoms with E-state index in [1.807, 2.05) is 24.3 Å². The van der Waals surface area contributed by atoms with Gasteiger partial charge in [-0.2, -0.15) is 0 Å². The van der Waals surface area contributed by atoms with E-state index in [9.17, 15) is 4.79 Å². The SMILES string of the molecule is COCCCNC(=O)NCc1cccc(OC)c1. The molecule has 0 heterocycles. The third kappa shape index (κ3) is 5.54. The second kappa shape index (κ2) is 8.36. The number of rotatable bonds is 7. The Kier molecular flexibility index (Phi) is 6.64. The van der Waals surface area contributed by atoms with Crippen molar-refractivity contribution in [1.29, 1.82) is 0 Å². The normalized spacial score (nSPS) is 9.89. The summed E-state index contributed by atoms with van der Waals surface area (Å²) in [7, 11) is 3.26. The molecule has 0 aromatic heterocycles. The molecule has 18 heavy (non-hydrogen) atoms. The molecule has 1 rings (SSSR count). The first-order valence-electron chi connectivity index (χ1n) is 5.90. The molecule has 0 unspecified atom stereocenters. The number of hydrogen-bond donors (Lipinski definition) is 2. The van der Waals surface area contributed by atoms with Crippen LogP contribution in [0.2, 0.25) is 0 Å². The fourth-order valence-corrected chi connectivity index (χ4v) is 1.45. The van der Waals surface area contributed by atoms with Crippen molar-refractivity contribution in [3.8, 4) is 5.75 Å². The average Bonchev–Trinajstić information content (AvgIpc) is 2.41. The summed E-state index contributed by atoms with van der Waals surface area (Å²) in [6.45, 7) is 1.74. The first-order valence-corrected chi connectivity index (χ1v) is 5.90. The van der Waals surface area contributed by atoms with E-state index in [0.717, 1.165) is 17.7 Å². The van der Waals surface area contributed by atoms with Gasteiger partial charge >= 0.3 is 6.03 Å². The Labute approximate surface area is 107 Å². The highest BCUT2D eigenvalue weighted by molar-refractivity contribution is 5.73. The summed E-state index contributed by atoms with van der Waals surface area (Å²) in [6, 6.07) is 7.42. The molecule has 0 aliphatic rings. The van der Waals surface area contributed by atoms with Gasteiger partial charge in [-0.05, 0) is 24.1 Å². The van der Waals surface area contributed by atoms with Crippen molar-refractivity contribution in [2.24, 2.45) is 0 Å². The summed E-state index contributed by atoms with van der Waals surface area (Å²) in [5.41, 5.74) is 1.00. The minimum atomic E-state index is -0.172. The van der Waals surface area contributed by atoms with Crippen molar-refractivity contribution in [2.75, 3.05) is 27.4 Å². The molecule has 0 bridgehead atoms. The largest absolute Gasteiger partial charge is 0.497 e. The zero-order chi connectivity index (χ0) is 13.2. The van der Waals surface area contributed by atoms with E-state index in [1.165, 1.54) is 0 Å². The molecular formula is C13H20N2O3. The lowest BCUT2D eigenvalue weighted by Crippen LogP contribution is -2.35. The number of nitrogens with one attached hydrogen (secondary N) is 2. The quantitative estimate of drug-likeness (QED) is 0.723. The monoisotopic (exact) mass is 252 g/mol. The Morgan fingerprint density at radius 3 is 2.83 bits per heavy atom. The molecule has 5 heteroatoms. The lowest BCUT2D eigenvalue weighted by Gasteiger charge is -2.08. The van der Waals surface area contributed by atoms with Gasteiger partial charge < -0.3 is 20.1 Å². The molecule has 0 spiro atoms. The van der Waals surface area contributed by atoms with Crippen LogP contribution in [0.25, 0.3) is 0 Å². The summed E-state index contributed by atoms with van der Waals surface area (Å²) >= 11 is 0.